The van der Waals surface area contributed by atoms with Gasteiger partial charge >= 0.3 is 5.97 Å². The summed E-state index contributed by atoms with van der Waals surface area (Å²) in [6.07, 6.45) is -6.34. The molecule has 7 N–H and O–H groups in total. The van der Waals surface area contributed by atoms with Crippen LogP contribution < -0.4 is 0 Å². The van der Waals surface area contributed by atoms with Gasteiger partial charge in [-0.2, -0.15) is 0 Å². The average Bonchev–Trinajstić information content (AvgIpc) is 3.53. The van der Waals surface area contributed by atoms with E-state index in [4.69, 9.17) is 42.6 Å². The molecule has 0 amide bonds. The van der Waals surface area contributed by atoms with Crippen LogP contribution in [0.3, 0.4) is 0 Å². The normalized spacial score (nSPS) is 55.6. The summed E-state index contributed by atoms with van der Waals surface area (Å²) in [4.78, 5) is 12.0. The number of rotatable bonds is 10. The highest BCUT2D eigenvalue weighted by Gasteiger charge is 2.86. The third-order valence-electron chi connectivity index (χ3n) is 16.8. The Hall–Kier alpha value is -1.39. The standard InChI is InChI=1S/C42H64O17/c1-19-36(58-38-35(50)33(48)31(46)26(57-38)18-53-37-34(49)32(47)30(45)25(16-43)56-37)24(51-4)15-29(54-19)55-22-6-9-39(2)21(14-22)5-11-41-27(39)8-10-40(3)23(7-12-42(40,41)59-41)20-13-28(44)52-17-20/h13,19,21-27,29-38,43,45-50H,5-12,14-18H2,1-4H3/t19-,21-,22+,23-,24-,25-,26-,27-,29+,30-,31-,32+,33+,34-,35-,36+,37-,38+,39+,40-,41+,42-/m0/s1. The minimum atomic E-state index is -1.69. The second-order valence-corrected chi connectivity index (χ2v) is 19.4. The Morgan fingerprint density at radius 1 is 0.797 bits per heavy atom. The first-order valence-electron chi connectivity index (χ1n) is 21.8. The summed E-state index contributed by atoms with van der Waals surface area (Å²) in [6, 6.07) is 0. The largest absolute Gasteiger partial charge is 0.458 e. The lowest BCUT2D eigenvalue weighted by molar-refractivity contribution is -0.355. The SMILES string of the molecule is CO[C@H]1C[C@@H](O[C@@H]2CC[C@]3(C)[C@@H](CC[C@]45O[C@]46CC[C@@H](C4=CC(=O)OC4)[C@]6(C)CC[C@@H]35)C2)O[C@@H](C)[C@H]1O[C@H]1O[C@@H](CO[C@H]2O[C@@H](CO)[C@H](O)[C@@H](O)[C@@H]2O)[C@H](O)[C@@H](O)[C@@H]1O. The van der Waals surface area contributed by atoms with E-state index in [1.807, 2.05) is 6.92 Å². The Morgan fingerprint density at radius 3 is 2.24 bits per heavy atom. The van der Waals surface area contributed by atoms with E-state index in [9.17, 15) is 40.5 Å². The average molecular weight is 841 g/mol. The molecule has 0 aromatic heterocycles. The van der Waals surface area contributed by atoms with E-state index in [1.54, 1.807) is 13.2 Å². The number of aliphatic hydroxyl groups is 7. The molecular weight excluding hydrogens is 776 g/mol. The molecule has 4 aliphatic carbocycles. The quantitative estimate of drug-likeness (QED) is 0.0866. The van der Waals surface area contributed by atoms with E-state index in [-0.39, 0.29) is 34.1 Å². The molecule has 0 aromatic carbocycles. The highest BCUT2D eigenvalue weighted by Crippen LogP contribution is 2.81. The fraction of sp³-hybridized carbons (Fsp3) is 0.929. The predicted molar refractivity (Wildman–Crippen MR) is 200 cm³/mol. The number of esters is 1. The summed E-state index contributed by atoms with van der Waals surface area (Å²) < 4.78 is 54.5. The minimum Gasteiger partial charge on any atom is -0.458 e. The highest BCUT2D eigenvalue weighted by molar-refractivity contribution is 5.85. The number of hydrogen-bond acceptors (Lipinski definition) is 17. The van der Waals surface area contributed by atoms with Crippen LogP contribution in [0.25, 0.3) is 0 Å². The van der Waals surface area contributed by atoms with Crippen LogP contribution >= 0.6 is 0 Å². The lowest BCUT2D eigenvalue weighted by atomic mass is 9.44. The Kier molecular flexibility index (Phi) is 11.4. The van der Waals surface area contributed by atoms with Gasteiger partial charge in [0.05, 0.1) is 31.5 Å². The molecule has 9 aliphatic rings. The summed E-state index contributed by atoms with van der Waals surface area (Å²) in [5, 5.41) is 72.5. The second kappa shape index (κ2) is 15.7. The number of fused-ring (bicyclic) bond motifs is 2. The van der Waals surface area contributed by atoms with Gasteiger partial charge in [-0.05, 0) is 93.5 Å². The fourth-order valence-electron chi connectivity index (χ4n) is 13.5. The zero-order valence-corrected chi connectivity index (χ0v) is 34.4. The van der Waals surface area contributed by atoms with Gasteiger partial charge in [-0.25, -0.2) is 4.79 Å². The van der Waals surface area contributed by atoms with Crippen LogP contribution in [0.15, 0.2) is 11.6 Å². The molecule has 5 aliphatic heterocycles. The van der Waals surface area contributed by atoms with Gasteiger partial charge in [-0.3, -0.25) is 0 Å². The molecule has 0 radical (unpaired) electrons. The van der Waals surface area contributed by atoms with E-state index >= 15 is 0 Å². The van der Waals surface area contributed by atoms with Crippen LogP contribution in [-0.2, 0) is 47.4 Å². The third kappa shape index (κ3) is 6.71. The van der Waals surface area contributed by atoms with Crippen LogP contribution in [0.2, 0.25) is 0 Å². The molecule has 4 saturated carbocycles. The minimum absolute atomic E-state index is 0.00419. The van der Waals surface area contributed by atoms with Crippen LogP contribution in [0.4, 0.5) is 0 Å². The number of cyclic esters (lactones) is 1. The topological polar surface area (TPSA) is 245 Å². The van der Waals surface area contributed by atoms with E-state index in [2.05, 4.69) is 13.8 Å². The Morgan fingerprint density at radius 2 is 1.53 bits per heavy atom. The van der Waals surface area contributed by atoms with Gasteiger partial charge in [0, 0.05) is 25.0 Å². The van der Waals surface area contributed by atoms with Crippen LogP contribution in [0, 0.1) is 28.6 Å². The van der Waals surface area contributed by atoms with Gasteiger partial charge in [0.1, 0.15) is 72.7 Å². The maximum atomic E-state index is 12.0. The molecule has 2 spiro atoms. The van der Waals surface area contributed by atoms with Gasteiger partial charge in [0.2, 0.25) is 0 Å². The fourth-order valence-corrected chi connectivity index (χ4v) is 13.5. The molecule has 22 atom stereocenters. The summed E-state index contributed by atoms with van der Waals surface area (Å²) in [5.41, 5.74) is 1.08. The maximum Gasteiger partial charge on any atom is 0.331 e. The van der Waals surface area contributed by atoms with Crippen molar-refractivity contribution in [3.63, 3.8) is 0 Å². The van der Waals surface area contributed by atoms with Gasteiger partial charge in [0.15, 0.2) is 18.9 Å². The molecule has 5 heterocycles. The van der Waals surface area contributed by atoms with Crippen molar-refractivity contribution in [1.29, 1.82) is 0 Å². The molecule has 0 aromatic rings. The number of methoxy groups -OCH3 is 1. The zero-order chi connectivity index (χ0) is 41.8. The van der Waals surface area contributed by atoms with Crippen molar-refractivity contribution in [2.45, 2.75) is 188 Å². The molecule has 0 unspecified atom stereocenters. The van der Waals surface area contributed by atoms with E-state index in [0.717, 1.165) is 63.4 Å². The number of ether oxygens (including phenoxy) is 9. The van der Waals surface area contributed by atoms with E-state index in [1.165, 1.54) is 0 Å². The molecule has 8 fully saturated rings. The van der Waals surface area contributed by atoms with Crippen LogP contribution in [0.5, 0.6) is 0 Å². The molecule has 4 saturated heterocycles. The smallest absolute Gasteiger partial charge is 0.331 e. The first-order chi connectivity index (χ1) is 28.1. The van der Waals surface area contributed by atoms with Gasteiger partial charge < -0.3 is 78.4 Å². The first kappa shape index (κ1) is 42.9. The number of hydrogen-bond donors (Lipinski definition) is 7. The summed E-state index contributed by atoms with van der Waals surface area (Å²) in [7, 11) is 1.56. The van der Waals surface area contributed by atoms with Gasteiger partial charge in [-0.15, -0.1) is 0 Å². The molecular formula is C42H64O17. The number of epoxide rings is 1. The predicted octanol–water partition coefficient (Wildman–Crippen LogP) is -0.0517. The zero-order valence-electron chi connectivity index (χ0n) is 34.4. The lowest BCUT2D eigenvalue weighted by Gasteiger charge is -2.58. The first-order valence-corrected chi connectivity index (χ1v) is 21.8. The molecule has 17 nitrogen and oxygen atoms in total. The summed E-state index contributed by atoms with van der Waals surface area (Å²) in [6.45, 7) is 6.01. The van der Waals surface area contributed by atoms with Crippen molar-refractivity contribution in [3.8, 4) is 0 Å². The van der Waals surface area contributed by atoms with Crippen molar-refractivity contribution in [2.75, 3.05) is 26.9 Å². The summed E-state index contributed by atoms with van der Waals surface area (Å²) in [5.74, 6) is 1.08. The van der Waals surface area contributed by atoms with Crippen molar-refractivity contribution in [1.82, 2.24) is 0 Å². The lowest BCUT2D eigenvalue weighted by Crippen LogP contribution is -2.63. The Bertz CT molecular complexity index is 1600. The van der Waals surface area contributed by atoms with Crippen LogP contribution in [-0.4, -0.2) is 172 Å². The van der Waals surface area contributed by atoms with E-state index < -0.39 is 99.2 Å². The van der Waals surface area contributed by atoms with Crippen molar-refractivity contribution < 1.29 is 83.2 Å². The molecule has 334 valence electrons. The Balaban J connectivity index is 0.796. The monoisotopic (exact) mass is 840 g/mol. The highest BCUT2D eigenvalue weighted by atomic mass is 16.8. The maximum absolute atomic E-state index is 12.0. The van der Waals surface area contributed by atoms with Crippen LogP contribution in [0.1, 0.15) is 85.0 Å². The molecule has 9 rings (SSSR count). The number of aliphatic hydroxyl groups excluding tert-OH is 7. The molecule has 59 heavy (non-hydrogen) atoms. The van der Waals surface area contributed by atoms with Crippen molar-refractivity contribution in [3.05, 3.63) is 11.6 Å². The van der Waals surface area contributed by atoms with Crippen molar-refractivity contribution >= 4 is 5.97 Å². The molecule has 0 bridgehead atoms. The number of carbonyl (C=O) groups is 1. The third-order valence-corrected chi connectivity index (χ3v) is 16.8. The molecule has 17 heteroatoms. The van der Waals surface area contributed by atoms with E-state index in [0.29, 0.717) is 30.8 Å². The van der Waals surface area contributed by atoms with Gasteiger partial charge in [-0.1, -0.05) is 13.8 Å². The van der Waals surface area contributed by atoms with Crippen molar-refractivity contribution in [2.24, 2.45) is 28.6 Å². The Labute approximate surface area is 344 Å². The number of carbonyl (C=O) groups excluding carboxylic acids is 1. The second-order valence-electron chi connectivity index (χ2n) is 19.4. The van der Waals surface area contributed by atoms with Gasteiger partial charge in [0.25, 0.3) is 0 Å². The summed E-state index contributed by atoms with van der Waals surface area (Å²) >= 11 is 0.